The fraction of sp³-hybridized carbons (Fsp3) is 0.478. The quantitative estimate of drug-likeness (QED) is 0.527. The third-order valence-corrected chi connectivity index (χ3v) is 8.89. The highest BCUT2D eigenvalue weighted by molar-refractivity contribution is 7.89. The molecule has 2 aromatic rings. The SMILES string of the molecule is COc1cc2c(cc1OC)CN(CC1CCCN(S(=O)(=O)c3cc(Cl)ccc3Cl)C1)CC2.Cl. The minimum Gasteiger partial charge on any atom is -0.493 e. The molecule has 0 spiro atoms. The van der Waals surface area contributed by atoms with Gasteiger partial charge in [-0.2, -0.15) is 4.31 Å². The summed E-state index contributed by atoms with van der Waals surface area (Å²) >= 11 is 12.2. The molecule has 0 saturated carbocycles. The molecule has 10 heteroatoms. The maximum atomic E-state index is 13.2. The smallest absolute Gasteiger partial charge is 0.244 e. The maximum absolute atomic E-state index is 13.2. The monoisotopic (exact) mass is 534 g/mol. The number of hydrogen-bond acceptors (Lipinski definition) is 5. The lowest BCUT2D eigenvalue weighted by atomic mass is 9.95. The van der Waals surface area contributed by atoms with Crippen LogP contribution in [-0.4, -0.2) is 58.0 Å². The van der Waals surface area contributed by atoms with Crippen molar-refractivity contribution in [2.75, 3.05) is 40.4 Å². The highest BCUT2D eigenvalue weighted by Gasteiger charge is 2.33. The second-order valence-electron chi connectivity index (χ2n) is 8.41. The lowest BCUT2D eigenvalue weighted by Gasteiger charge is -2.37. The molecule has 6 nitrogen and oxygen atoms in total. The van der Waals surface area contributed by atoms with Gasteiger partial charge in [-0.3, -0.25) is 4.90 Å². The van der Waals surface area contributed by atoms with E-state index in [0.717, 1.165) is 50.4 Å². The number of piperidine rings is 1. The van der Waals surface area contributed by atoms with Gasteiger partial charge in [-0.15, -0.1) is 12.4 Å². The van der Waals surface area contributed by atoms with E-state index in [0.29, 0.717) is 18.1 Å². The molecule has 1 fully saturated rings. The fourth-order valence-corrected chi connectivity index (χ4v) is 6.96. The molecule has 0 amide bonds. The van der Waals surface area contributed by atoms with Gasteiger partial charge in [0.2, 0.25) is 10.0 Å². The van der Waals surface area contributed by atoms with Crippen LogP contribution < -0.4 is 9.47 Å². The van der Waals surface area contributed by atoms with Gasteiger partial charge in [0, 0.05) is 37.7 Å². The Morgan fingerprint density at radius 2 is 1.73 bits per heavy atom. The van der Waals surface area contributed by atoms with Gasteiger partial charge in [0.1, 0.15) is 4.90 Å². The fourth-order valence-electron chi connectivity index (χ4n) is 4.67. The van der Waals surface area contributed by atoms with Gasteiger partial charge in [0.15, 0.2) is 11.5 Å². The normalized spacial score (nSPS) is 19.5. The largest absolute Gasteiger partial charge is 0.493 e. The molecule has 1 atom stereocenters. The van der Waals surface area contributed by atoms with Gasteiger partial charge >= 0.3 is 0 Å². The third kappa shape index (κ3) is 5.72. The Labute approximate surface area is 212 Å². The molecule has 2 aliphatic rings. The molecule has 0 aliphatic carbocycles. The first-order chi connectivity index (χ1) is 15.3. The summed E-state index contributed by atoms with van der Waals surface area (Å²) in [5.41, 5.74) is 2.52. The van der Waals surface area contributed by atoms with Crippen molar-refractivity contribution < 1.29 is 17.9 Å². The zero-order valence-electron chi connectivity index (χ0n) is 18.7. The zero-order chi connectivity index (χ0) is 22.9. The summed E-state index contributed by atoms with van der Waals surface area (Å²) in [7, 11) is -0.388. The summed E-state index contributed by atoms with van der Waals surface area (Å²) in [6.45, 7) is 3.59. The molecule has 33 heavy (non-hydrogen) atoms. The topological polar surface area (TPSA) is 59.1 Å². The second kappa shape index (κ2) is 11.0. The molecule has 2 aliphatic heterocycles. The highest BCUT2D eigenvalue weighted by atomic mass is 35.5. The first kappa shape index (κ1) is 26.4. The number of nitrogens with zero attached hydrogens (tertiary/aromatic N) is 2. The number of halogens is 3. The Bertz CT molecular complexity index is 1100. The second-order valence-corrected chi connectivity index (χ2v) is 11.2. The van der Waals surface area contributed by atoms with Gasteiger partial charge in [-0.1, -0.05) is 23.2 Å². The standard InChI is InChI=1S/C23H28Cl2N2O4S.ClH/c1-30-21-10-17-7-9-26(15-18(17)11-22(21)31-2)13-16-4-3-8-27(14-16)32(28,29)23-12-19(24)5-6-20(23)25;/h5-6,10-12,16H,3-4,7-9,13-15H2,1-2H3;1H. The van der Waals surface area contributed by atoms with Crippen molar-refractivity contribution in [1.82, 2.24) is 9.21 Å². The molecule has 0 bridgehead atoms. The summed E-state index contributed by atoms with van der Waals surface area (Å²) in [5.74, 6) is 1.76. The van der Waals surface area contributed by atoms with Gasteiger partial charge < -0.3 is 9.47 Å². The van der Waals surface area contributed by atoms with Crippen molar-refractivity contribution in [1.29, 1.82) is 0 Å². The summed E-state index contributed by atoms with van der Waals surface area (Å²) in [6, 6.07) is 8.69. The maximum Gasteiger partial charge on any atom is 0.244 e. The van der Waals surface area contributed by atoms with E-state index in [-0.39, 0.29) is 28.2 Å². The summed E-state index contributed by atoms with van der Waals surface area (Å²) < 4.78 is 38.9. The minimum atomic E-state index is -3.69. The van der Waals surface area contributed by atoms with Crippen molar-refractivity contribution in [2.45, 2.75) is 30.7 Å². The Balaban J connectivity index is 0.00000306. The number of rotatable bonds is 6. The Hall–Kier alpha value is -1.22. The highest BCUT2D eigenvalue weighted by Crippen LogP contribution is 2.34. The molecule has 2 aromatic carbocycles. The molecule has 182 valence electrons. The van der Waals surface area contributed by atoms with Crippen LogP contribution in [0.15, 0.2) is 35.2 Å². The number of methoxy groups -OCH3 is 2. The van der Waals surface area contributed by atoms with E-state index in [1.165, 1.54) is 23.3 Å². The van der Waals surface area contributed by atoms with Crippen LogP contribution in [0.5, 0.6) is 11.5 Å². The Morgan fingerprint density at radius 3 is 2.42 bits per heavy atom. The predicted molar refractivity (Wildman–Crippen MR) is 134 cm³/mol. The van der Waals surface area contributed by atoms with E-state index in [1.807, 2.05) is 0 Å². The van der Waals surface area contributed by atoms with Crippen LogP contribution in [0.25, 0.3) is 0 Å². The average Bonchev–Trinajstić information content (AvgIpc) is 2.79. The molecule has 1 unspecified atom stereocenters. The van der Waals surface area contributed by atoms with E-state index >= 15 is 0 Å². The lowest BCUT2D eigenvalue weighted by Crippen LogP contribution is -2.44. The van der Waals surface area contributed by atoms with E-state index in [2.05, 4.69) is 17.0 Å². The van der Waals surface area contributed by atoms with Crippen molar-refractivity contribution in [3.05, 3.63) is 51.5 Å². The van der Waals surface area contributed by atoms with Crippen molar-refractivity contribution in [2.24, 2.45) is 5.92 Å². The zero-order valence-corrected chi connectivity index (χ0v) is 21.9. The predicted octanol–water partition coefficient (Wildman–Crippen LogP) is 4.89. The van der Waals surface area contributed by atoms with Crippen molar-refractivity contribution in [3.8, 4) is 11.5 Å². The van der Waals surface area contributed by atoms with E-state index < -0.39 is 10.0 Å². The van der Waals surface area contributed by atoms with Crippen LogP contribution in [0.1, 0.15) is 24.0 Å². The van der Waals surface area contributed by atoms with Crippen LogP contribution in [0.2, 0.25) is 10.0 Å². The molecule has 1 saturated heterocycles. The van der Waals surface area contributed by atoms with Crippen LogP contribution in [0.4, 0.5) is 0 Å². The van der Waals surface area contributed by atoms with Gasteiger partial charge in [0.05, 0.1) is 19.2 Å². The van der Waals surface area contributed by atoms with Crippen molar-refractivity contribution >= 4 is 45.6 Å². The summed E-state index contributed by atoms with van der Waals surface area (Å²) in [5, 5.41) is 0.564. The Morgan fingerprint density at radius 1 is 1.03 bits per heavy atom. The van der Waals surface area contributed by atoms with E-state index in [9.17, 15) is 8.42 Å². The van der Waals surface area contributed by atoms with Crippen LogP contribution in [0.3, 0.4) is 0 Å². The van der Waals surface area contributed by atoms with Gasteiger partial charge in [-0.05, 0) is 66.6 Å². The van der Waals surface area contributed by atoms with Crippen LogP contribution in [-0.2, 0) is 23.0 Å². The molecule has 0 radical (unpaired) electrons. The first-order valence-electron chi connectivity index (χ1n) is 10.7. The summed E-state index contributed by atoms with van der Waals surface area (Å²) in [6.07, 6.45) is 2.77. The molecule has 0 aromatic heterocycles. The minimum absolute atomic E-state index is 0. The molecule has 0 N–H and O–H groups in total. The number of ether oxygens (including phenoxy) is 2. The van der Waals surface area contributed by atoms with Crippen LogP contribution >= 0.6 is 35.6 Å². The molecule has 4 rings (SSSR count). The molecular weight excluding hydrogens is 507 g/mol. The number of sulfonamides is 1. The van der Waals surface area contributed by atoms with Gasteiger partial charge in [0.25, 0.3) is 0 Å². The van der Waals surface area contributed by atoms with E-state index in [1.54, 1.807) is 24.6 Å². The Kier molecular flexibility index (Phi) is 8.81. The number of hydrogen-bond donors (Lipinski definition) is 0. The third-order valence-electron chi connectivity index (χ3n) is 6.31. The first-order valence-corrected chi connectivity index (χ1v) is 12.9. The van der Waals surface area contributed by atoms with E-state index in [4.69, 9.17) is 32.7 Å². The van der Waals surface area contributed by atoms with Crippen LogP contribution in [0, 0.1) is 5.92 Å². The van der Waals surface area contributed by atoms with Crippen molar-refractivity contribution in [3.63, 3.8) is 0 Å². The lowest BCUT2D eigenvalue weighted by molar-refractivity contribution is 0.167. The average molecular weight is 536 g/mol. The summed E-state index contributed by atoms with van der Waals surface area (Å²) in [4.78, 5) is 2.49. The molecule has 2 heterocycles. The molecular formula is C23H29Cl3N2O4S. The van der Waals surface area contributed by atoms with Gasteiger partial charge in [-0.25, -0.2) is 8.42 Å². The number of benzene rings is 2. The number of fused-ring (bicyclic) bond motifs is 1.